The topological polar surface area (TPSA) is 58.4 Å². The zero-order valence-corrected chi connectivity index (χ0v) is 12.6. The molecule has 3 N–H and O–H groups in total. The van der Waals surface area contributed by atoms with Crippen LogP contribution in [0.2, 0.25) is 0 Å². The van der Waals surface area contributed by atoms with Gasteiger partial charge in [-0.1, -0.05) is 20.8 Å². The molecule has 1 saturated heterocycles. The van der Waals surface area contributed by atoms with Crippen molar-refractivity contribution in [1.29, 1.82) is 0 Å². The van der Waals surface area contributed by atoms with Gasteiger partial charge in [-0.25, -0.2) is 0 Å². The molecule has 0 aromatic carbocycles. The van der Waals surface area contributed by atoms with Gasteiger partial charge in [-0.3, -0.25) is 4.79 Å². The molecule has 2 aliphatic rings. The number of amides is 1. The largest absolute Gasteiger partial charge is 0.341 e. The fourth-order valence-corrected chi connectivity index (χ4v) is 3.58. The zero-order chi connectivity index (χ0) is 14.0. The van der Waals surface area contributed by atoms with Crippen molar-refractivity contribution in [2.45, 2.75) is 46.1 Å². The summed E-state index contributed by atoms with van der Waals surface area (Å²) in [4.78, 5) is 14.9. The lowest BCUT2D eigenvalue weighted by Gasteiger charge is -2.47. The van der Waals surface area contributed by atoms with E-state index in [-0.39, 0.29) is 17.4 Å². The molecule has 1 heterocycles. The van der Waals surface area contributed by atoms with Crippen molar-refractivity contribution in [2.24, 2.45) is 23.0 Å². The van der Waals surface area contributed by atoms with Crippen molar-refractivity contribution >= 4 is 5.91 Å². The van der Waals surface area contributed by atoms with Crippen LogP contribution < -0.4 is 11.1 Å². The van der Waals surface area contributed by atoms with Crippen LogP contribution in [-0.2, 0) is 4.79 Å². The van der Waals surface area contributed by atoms with Crippen LogP contribution >= 0.6 is 0 Å². The molecule has 0 radical (unpaired) electrons. The average molecular weight is 267 g/mol. The number of carbonyl (C=O) groups excluding carboxylic acids is 1. The molecule has 4 heteroatoms. The molecule has 0 bridgehead atoms. The first-order valence-electron chi connectivity index (χ1n) is 7.69. The highest BCUT2D eigenvalue weighted by atomic mass is 16.2. The molecule has 19 heavy (non-hydrogen) atoms. The predicted octanol–water partition coefficient (Wildman–Crippen LogP) is 1.21. The predicted molar refractivity (Wildman–Crippen MR) is 77.7 cm³/mol. The molecule has 4 nitrogen and oxygen atoms in total. The maximum Gasteiger partial charge on any atom is 0.226 e. The van der Waals surface area contributed by atoms with E-state index in [0.717, 1.165) is 45.4 Å². The summed E-state index contributed by atoms with van der Waals surface area (Å²) < 4.78 is 0. The van der Waals surface area contributed by atoms with Crippen molar-refractivity contribution in [3.8, 4) is 0 Å². The van der Waals surface area contributed by atoms with Crippen LogP contribution in [0.4, 0.5) is 0 Å². The van der Waals surface area contributed by atoms with Crippen LogP contribution in [-0.4, -0.2) is 43.0 Å². The summed E-state index contributed by atoms with van der Waals surface area (Å²) in [6.45, 7) is 10.3. The van der Waals surface area contributed by atoms with E-state index in [0.29, 0.717) is 11.8 Å². The third-order valence-corrected chi connectivity index (χ3v) is 5.45. The second-order valence-corrected chi connectivity index (χ2v) is 6.83. The Morgan fingerprint density at radius 3 is 2.74 bits per heavy atom. The van der Waals surface area contributed by atoms with E-state index >= 15 is 0 Å². The van der Waals surface area contributed by atoms with Gasteiger partial charge in [-0.2, -0.15) is 0 Å². The first kappa shape index (κ1) is 14.8. The third-order valence-electron chi connectivity index (χ3n) is 5.45. The summed E-state index contributed by atoms with van der Waals surface area (Å²) in [5, 5.41) is 3.36. The molecule has 2 rings (SSSR count). The van der Waals surface area contributed by atoms with Gasteiger partial charge in [-0.15, -0.1) is 0 Å². The van der Waals surface area contributed by atoms with Crippen LogP contribution in [0.1, 0.15) is 40.0 Å². The van der Waals surface area contributed by atoms with E-state index in [4.69, 9.17) is 5.73 Å². The number of rotatable bonds is 1. The maximum atomic E-state index is 12.8. The molecule has 1 saturated carbocycles. The lowest BCUT2D eigenvalue weighted by atomic mass is 9.60. The van der Waals surface area contributed by atoms with Gasteiger partial charge in [0.25, 0.3) is 0 Å². The van der Waals surface area contributed by atoms with E-state index in [1.54, 1.807) is 0 Å². The Hall–Kier alpha value is -0.610. The minimum Gasteiger partial charge on any atom is -0.341 e. The van der Waals surface area contributed by atoms with E-state index in [2.05, 4.69) is 31.0 Å². The minimum atomic E-state index is 0.00842. The van der Waals surface area contributed by atoms with Crippen molar-refractivity contribution in [3.05, 3.63) is 0 Å². The lowest BCUT2D eigenvalue weighted by molar-refractivity contribution is -0.143. The standard InChI is InChI=1S/C15H29N3O/c1-11-13(16)6-5-12(15(11,2)3)14(19)18-9-4-7-17-8-10-18/h11-13,17H,4-10,16H2,1-3H3. The highest BCUT2D eigenvalue weighted by Gasteiger charge is 2.46. The summed E-state index contributed by atoms with van der Waals surface area (Å²) in [7, 11) is 0. The van der Waals surface area contributed by atoms with Crippen LogP contribution in [0.25, 0.3) is 0 Å². The van der Waals surface area contributed by atoms with Gasteiger partial charge in [0.15, 0.2) is 0 Å². The smallest absolute Gasteiger partial charge is 0.226 e. The molecule has 1 amide bonds. The van der Waals surface area contributed by atoms with E-state index in [1.807, 2.05) is 0 Å². The Balaban J connectivity index is 2.09. The first-order valence-corrected chi connectivity index (χ1v) is 7.69. The monoisotopic (exact) mass is 267 g/mol. The summed E-state index contributed by atoms with van der Waals surface area (Å²) in [5.41, 5.74) is 6.19. The van der Waals surface area contributed by atoms with Crippen molar-refractivity contribution in [3.63, 3.8) is 0 Å². The van der Waals surface area contributed by atoms with Gasteiger partial charge >= 0.3 is 0 Å². The number of carbonyl (C=O) groups is 1. The van der Waals surface area contributed by atoms with Crippen molar-refractivity contribution < 1.29 is 4.79 Å². The molecule has 1 aliphatic carbocycles. The van der Waals surface area contributed by atoms with Crippen molar-refractivity contribution in [2.75, 3.05) is 26.2 Å². The van der Waals surface area contributed by atoms with E-state index < -0.39 is 0 Å². The Morgan fingerprint density at radius 2 is 2.00 bits per heavy atom. The number of hydrogen-bond acceptors (Lipinski definition) is 3. The van der Waals surface area contributed by atoms with Gasteiger partial charge in [-0.05, 0) is 37.1 Å². The summed E-state index contributed by atoms with van der Waals surface area (Å²) in [6.07, 6.45) is 2.99. The molecule has 2 fully saturated rings. The molecule has 3 atom stereocenters. The third kappa shape index (κ3) is 2.95. The van der Waals surface area contributed by atoms with Gasteiger partial charge in [0, 0.05) is 31.6 Å². The molecule has 1 aliphatic heterocycles. The van der Waals surface area contributed by atoms with Gasteiger partial charge < -0.3 is 16.0 Å². The highest BCUT2D eigenvalue weighted by Crippen LogP contribution is 2.45. The van der Waals surface area contributed by atoms with Crippen molar-refractivity contribution in [1.82, 2.24) is 10.2 Å². The second kappa shape index (κ2) is 5.80. The van der Waals surface area contributed by atoms with E-state index in [1.165, 1.54) is 0 Å². The molecular weight excluding hydrogens is 238 g/mol. The van der Waals surface area contributed by atoms with Crippen LogP contribution in [0, 0.1) is 17.3 Å². The van der Waals surface area contributed by atoms with Gasteiger partial charge in [0.05, 0.1) is 0 Å². The summed E-state index contributed by atoms with van der Waals surface area (Å²) >= 11 is 0. The maximum absolute atomic E-state index is 12.8. The molecule has 3 unspecified atom stereocenters. The quantitative estimate of drug-likeness (QED) is 0.751. The number of nitrogens with zero attached hydrogens (tertiary/aromatic N) is 1. The molecule has 110 valence electrons. The SMILES string of the molecule is CC1C(N)CCC(C(=O)N2CCCNCC2)C1(C)C. The average Bonchev–Trinajstić information content (AvgIpc) is 2.64. The van der Waals surface area contributed by atoms with Gasteiger partial charge in [0.2, 0.25) is 5.91 Å². The molecular formula is C15H29N3O. The Bertz CT molecular complexity index is 321. The molecule has 0 aromatic rings. The van der Waals surface area contributed by atoms with Crippen LogP contribution in [0.5, 0.6) is 0 Å². The highest BCUT2D eigenvalue weighted by molar-refractivity contribution is 5.80. The number of nitrogens with two attached hydrogens (primary N) is 1. The number of nitrogens with one attached hydrogen (secondary N) is 1. The Kier molecular flexibility index (Phi) is 4.51. The van der Waals surface area contributed by atoms with Crippen LogP contribution in [0.3, 0.4) is 0 Å². The first-order chi connectivity index (χ1) is 8.94. The zero-order valence-electron chi connectivity index (χ0n) is 12.6. The summed E-state index contributed by atoms with van der Waals surface area (Å²) in [5.74, 6) is 0.896. The number of hydrogen-bond donors (Lipinski definition) is 2. The van der Waals surface area contributed by atoms with Gasteiger partial charge in [0.1, 0.15) is 0 Å². The summed E-state index contributed by atoms with van der Waals surface area (Å²) in [6, 6.07) is 0.241. The fraction of sp³-hybridized carbons (Fsp3) is 0.933. The lowest BCUT2D eigenvalue weighted by Crippen LogP contribution is -2.52. The molecule has 0 aromatic heterocycles. The van der Waals surface area contributed by atoms with E-state index in [9.17, 15) is 4.79 Å². The Morgan fingerprint density at radius 1 is 1.26 bits per heavy atom. The van der Waals surface area contributed by atoms with Crippen LogP contribution in [0.15, 0.2) is 0 Å². The fourth-order valence-electron chi connectivity index (χ4n) is 3.58. The second-order valence-electron chi connectivity index (χ2n) is 6.83. The minimum absolute atomic E-state index is 0.00842. The normalized spacial score (nSPS) is 35.8. The molecule has 0 spiro atoms. The Labute approximate surface area is 117 Å².